The molecule has 0 radical (unpaired) electrons. The number of carbonyl (C=O) groups excluding carboxylic acids is 2. The zero-order chi connectivity index (χ0) is 16.3. The Kier molecular flexibility index (Phi) is 7.20. The van der Waals surface area contributed by atoms with Crippen LogP contribution in [-0.4, -0.2) is 24.2 Å². The largest absolute Gasteiger partial charge is 0.460 e. The van der Waals surface area contributed by atoms with Crippen LogP contribution in [0.3, 0.4) is 0 Å². The van der Waals surface area contributed by atoms with Gasteiger partial charge in [0.2, 0.25) is 5.91 Å². The highest BCUT2D eigenvalue weighted by Crippen LogP contribution is 2.17. The molecule has 0 aromatic heterocycles. The van der Waals surface area contributed by atoms with Crippen LogP contribution in [-0.2, 0) is 20.9 Å². The van der Waals surface area contributed by atoms with E-state index in [0.29, 0.717) is 12.2 Å². The zero-order valence-corrected chi connectivity index (χ0v) is 13.6. The number of carbonyl (C=O) groups is 2. The third-order valence-corrected chi connectivity index (χ3v) is 4.03. The predicted molar refractivity (Wildman–Crippen MR) is 91.0 cm³/mol. The molecule has 2 aromatic rings. The molecule has 0 saturated carbocycles. The van der Waals surface area contributed by atoms with Crippen molar-refractivity contribution in [3.8, 4) is 0 Å². The summed E-state index contributed by atoms with van der Waals surface area (Å²) in [5, 5.41) is 2.58. The highest BCUT2D eigenvalue weighted by Gasteiger charge is 2.07. The molecule has 1 N–H and O–H groups in total. The van der Waals surface area contributed by atoms with Gasteiger partial charge in [0.15, 0.2) is 0 Å². The monoisotopic (exact) mass is 329 g/mol. The Morgan fingerprint density at radius 3 is 2.30 bits per heavy atom. The number of thioether (sulfide) groups is 1. The van der Waals surface area contributed by atoms with Gasteiger partial charge < -0.3 is 10.1 Å². The normalized spacial score (nSPS) is 10.1. The number of esters is 1. The van der Waals surface area contributed by atoms with E-state index in [9.17, 15) is 9.59 Å². The van der Waals surface area contributed by atoms with Gasteiger partial charge in [-0.3, -0.25) is 9.59 Å². The van der Waals surface area contributed by atoms with Crippen LogP contribution in [0.2, 0.25) is 0 Å². The second kappa shape index (κ2) is 9.69. The van der Waals surface area contributed by atoms with Gasteiger partial charge in [0.25, 0.3) is 0 Å². The minimum Gasteiger partial charge on any atom is -0.460 e. The molecule has 0 heterocycles. The quantitative estimate of drug-likeness (QED) is 0.597. The summed E-state index contributed by atoms with van der Waals surface area (Å²) in [6, 6.07) is 19.3. The highest BCUT2D eigenvalue weighted by molar-refractivity contribution is 7.99. The number of benzene rings is 2. The molecule has 0 spiro atoms. The topological polar surface area (TPSA) is 55.4 Å². The van der Waals surface area contributed by atoms with Crippen LogP contribution in [0.5, 0.6) is 0 Å². The van der Waals surface area contributed by atoms with E-state index in [1.165, 1.54) is 0 Å². The number of hydrogen-bond acceptors (Lipinski definition) is 4. The van der Waals surface area contributed by atoms with Crippen LogP contribution in [0.15, 0.2) is 65.6 Å². The zero-order valence-electron chi connectivity index (χ0n) is 12.7. The predicted octanol–water partition coefficient (Wildman–Crippen LogP) is 3.03. The second-order valence-electron chi connectivity index (χ2n) is 4.83. The van der Waals surface area contributed by atoms with Gasteiger partial charge >= 0.3 is 5.97 Å². The lowest BCUT2D eigenvalue weighted by molar-refractivity contribution is -0.145. The van der Waals surface area contributed by atoms with Crippen LogP contribution in [0.25, 0.3) is 0 Å². The Morgan fingerprint density at radius 2 is 1.61 bits per heavy atom. The van der Waals surface area contributed by atoms with Crippen LogP contribution in [0.4, 0.5) is 0 Å². The van der Waals surface area contributed by atoms with E-state index in [1.54, 1.807) is 11.8 Å². The molecule has 0 aliphatic heterocycles. The lowest BCUT2D eigenvalue weighted by Crippen LogP contribution is -2.30. The molecule has 1 amide bonds. The molecule has 2 aromatic carbocycles. The average molecular weight is 329 g/mol. The van der Waals surface area contributed by atoms with Crippen molar-refractivity contribution >= 4 is 23.6 Å². The molecule has 0 atom stereocenters. The van der Waals surface area contributed by atoms with Crippen LogP contribution in [0, 0.1) is 0 Å². The Balaban J connectivity index is 1.57. The number of nitrogens with one attached hydrogen (secondary N) is 1. The third-order valence-electron chi connectivity index (χ3n) is 3.01. The van der Waals surface area contributed by atoms with Gasteiger partial charge in [0, 0.05) is 17.1 Å². The van der Waals surface area contributed by atoms with E-state index < -0.39 is 5.97 Å². The van der Waals surface area contributed by atoms with Gasteiger partial charge in [-0.1, -0.05) is 48.5 Å². The van der Waals surface area contributed by atoms with Gasteiger partial charge in [-0.05, 0) is 17.7 Å². The molecule has 120 valence electrons. The lowest BCUT2D eigenvalue weighted by Gasteiger charge is -2.06. The standard InChI is InChI=1S/C18H19NO3S/c20-17(11-12-23-16-9-5-2-6-10-16)19-13-18(21)22-14-15-7-3-1-4-8-15/h1-10H,11-14H2,(H,19,20). The Morgan fingerprint density at radius 1 is 0.957 bits per heavy atom. The number of amides is 1. The summed E-state index contributed by atoms with van der Waals surface area (Å²) in [4.78, 5) is 24.4. The molecule has 0 saturated heterocycles. The first-order valence-corrected chi connectivity index (χ1v) is 8.37. The number of rotatable bonds is 8. The molecule has 0 bridgehead atoms. The van der Waals surface area contributed by atoms with Crippen molar-refractivity contribution in [2.75, 3.05) is 12.3 Å². The van der Waals surface area contributed by atoms with Gasteiger partial charge in [0.1, 0.15) is 13.2 Å². The van der Waals surface area contributed by atoms with Gasteiger partial charge in [-0.25, -0.2) is 0 Å². The number of hydrogen-bond donors (Lipinski definition) is 1. The first-order chi connectivity index (χ1) is 11.2. The first kappa shape index (κ1) is 17.1. The molecular formula is C18H19NO3S. The van der Waals surface area contributed by atoms with Gasteiger partial charge in [-0.2, -0.15) is 0 Å². The minimum absolute atomic E-state index is 0.0956. The van der Waals surface area contributed by atoms with Crippen molar-refractivity contribution in [2.45, 2.75) is 17.9 Å². The van der Waals surface area contributed by atoms with Crippen molar-refractivity contribution in [1.82, 2.24) is 5.32 Å². The van der Waals surface area contributed by atoms with E-state index in [2.05, 4.69) is 5.32 Å². The van der Waals surface area contributed by atoms with Crippen molar-refractivity contribution < 1.29 is 14.3 Å². The third kappa shape index (κ3) is 7.02. The fourth-order valence-electron chi connectivity index (χ4n) is 1.83. The van der Waals surface area contributed by atoms with Crippen molar-refractivity contribution in [2.24, 2.45) is 0 Å². The summed E-state index contributed by atoms with van der Waals surface area (Å²) >= 11 is 1.61. The Labute approximate surface area is 140 Å². The van der Waals surface area contributed by atoms with Crippen molar-refractivity contribution in [1.29, 1.82) is 0 Å². The van der Waals surface area contributed by atoms with Gasteiger partial charge in [0.05, 0.1) is 0 Å². The summed E-state index contributed by atoms with van der Waals surface area (Å²) in [5.74, 6) is 0.0950. The molecule has 5 heteroatoms. The fourth-order valence-corrected chi connectivity index (χ4v) is 2.70. The average Bonchev–Trinajstić information content (AvgIpc) is 2.60. The van der Waals surface area contributed by atoms with E-state index in [1.807, 2.05) is 60.7 Å². The molecule has 0 unspecified atom stereocenters. The minimum atomic E-state index is -0.432. The molecule has 2 rings (SSSR count). The van der Waals surface area contributed by atoms with Crippen LogP contribution >= 0.6 is 11.8 Å². The molecule has 23 heavy (non-hydrogen) atoms. The Hall–Kier alpha value is -2.27. The Bertz CT molecular complexity index is 617. The van der Waals surface area contributed by atoms with Gasteiger partial charge in [-0.15, -0.1) is 11.8 Å². The maximum Gasteiger partial charge on any atom is 0.325 e. The fraction of sp³-hybridized carbons (Fsp3) is 0.222. The maximum atomic E-state index is 11.7. The molecule has 0 aliphatic carbocycles. The summed E-state index contributed by atoms with van der Waals surface area (Å²) in [6.07, 6.45) is 0.367. The highest BCUT2D eigenvalue weighted by atomic mass is 32.2. The molecule has 0 aliphatic rings. The summed E-state index contributed by atoms with van der Waals surface area (Å²) < 4.78 is 5.09. The van der Waals surface area contributed by atoms with E-state index in [-0.39, 0.29) is 19.1 Å². The first-order valence-electron chi connectivity index (χ1n) is 7.38. The van der Waals surface area contributed by atoms with Crippen LogP contribution < -0.4 is 5.32 Å². The molecule has 0 fully saturated rings. The maximum absolute atomic E-state index is 11.7. The van der Waals surface area contributed by atoms with E-state index in [0.717, 1.165) is 10.5 Å². The van der Waals surface area contributed by atoms with E-state index in [4.69, 9.17) is 4.74 Å². The van der Waals surface area contributed by atoms with E-state index >= 15 is 0 Å². The summed E-state index contributed by atoms with van der Waals surface area (Å²) in [7, 11) is 0. The molecule has 4 nitrogen and oxygen atoms in total. The van der Waals surface area contributed by atoms with Crippen molar-refractivity contribution in [3.05, 3.63) is 66.2 Å². The summed E-state index contributed by atoms with van der Waals surface area (Å²) in [6.45, 7) is 0.126. The molecular weight excluding hydrogens is 310 g/mol. The van der Waals surface area contributed by atoms with Crippen molar-refractivity contribution in [3.63, 3.8) is 0 Å². The lowest BCUT2D eigenvalue weighted by atomic mass is 10.2. The second-order valence-corrected chi connectivity index (χ2v) is 6.00. The van der Waals surface area contributed by atoms with Crippen LogP contribution in [0.1, 0.15) is 12.0 Å². The SMILES string of the molecule is O=C(CCSc1ccccc1)NCC(=O)OCc1ccccc1. The smallest absolute Gasteiger partial charge is 0.325 e. The number of ether oxygens (including phenoxy) is 1. The summed E-state index contributed by atoms with van der Waals surface area (Å²) in [5.41, 5.74) is 0.923.